The van der Waals surface area contributed by atoms with Gasteiger partial charge in [-0.1, -0.05) is 116 Å². The molecule has 0 saturated carbocycles. The first-order valence-corrected chi connectivity index (χ1v) is 15.8. The quantitative estimate of drug-likeness (QED) is 0.210. The summed E-state index contributed by atoms with van der Waals surface area (Å²) in [6, 6.07) is 35.5. The summed E-state index contributed by atoms with van der Waals surface area (Å²) >= 11 is 0. The second-order valence-electron chi connectivity index (χ2n) is 11.6. The molecule has 7 rings (SSSR count). The highest BCUT2D eigenvalue weighted by Crippen LogP contribution is 2.30. The largest absolute Gasteiger partial charge is 0.333 e. The molecule has 4 aromatic carbocycles. The molecule has 0 aliphatic heterocycles. The van der Waals surface area contributed by atoms with Crippen LogP contribution in [0, 0.1) is 0 Å². The van der Waals surface area contributed by atoms with Crippen molar-refractivity contribution in [2.75, 3.05) is 0 Å². The van der Waals surface area contributed by atoms with Crippen molar-refractivity contribution < 1.29 is 0 Å². The van der Waals surface area contributed by atoms with Crippen LogP contribution in [0.3, 0.4) is 0 Å². The molecule has 0 aliphatic carbocycles. The number of benzene rings is 4. The van der Waals surface area contributed by atoms with Crippen LogP contribution in [0.1, 0.15) is 42.4 Å². The zero-order chi connectivity index (χ0) is 32.3. The molecule has 7 aromatic rings. The number of nitrogens with one attached hydrogen (secondary N) is 1. The van der Waals surface area contributed by atoms with Gasteiger partial charge in [-0.25, -0.2) is 14.9 Å². The maximum Gasteiger partial charge on any atom is 0.333 e. The molecule has 1 unspecified atom stereocenters. The zero-order valence-electron chi connectivity index (χ0n) is 26.2. The van der Waals surface area contributed by atoms with Crippen molar-refractivity contribution in [2.45, 2.75) is 45.8 Å². The van der Waals surface area contributed by atoms with Crippen molar-refractivity contribution in [3.05, 3.63) is 153 Å². The average molecular weight is 623 g/mol. The molecule has 0 radical (unpaired) electrons. The van der Waals surface area contributed by atoms with E-state index in [0.29, 0.717) is 42.9 Å². The fourth-order valence-electron chi connectivity index (χ4n) is 6.24. The Morgan fingerprint density at radius 2 is 1.45 bits per heavy atom. The fourth-order valence-corrected chi connectivity index (χ4v) is 6.24. The molecule has 1 atom stereocenters. The van der Waals surface area contributed by atoms with Crippen molar-refractivity contribution in [3.63, 3.8) is 0 Å². The summed E-state index contributed by atoms with van der Waals surface area (Å²) in [5.41, 5.74) is 6.09. The van der Waals surface area contributed by atoms with Gasteiger partial charge >= 0.3 is 5.69 Å². The third-order valence-corrected chi connectivity index (χ3v) is 8.73. The number of tetrazole rings is 1. The molecular weight excluding hydrogens is 588 g/mol. The van der Waals surface area contributed by atoms with Crippen molar-refractivity contribution in [1.82, 2.24) is 39.3 Å². The second-order valence-corrected chi connectivity index (χ2v) is 11.6. The van der Waals surface area contributed by atoms with Crippen molar-refractivity contribution in [3.8, 4) is 22.5 Å². The Hall–Kier alpha value is -5.90. The number of nitrogens with zero attached hydrogens (tertiary/aromatic N) is 7. The van der Waals surface area contributed by atoms with Gasteiger partial charge in [0.2, 0.25) is 0 Å². The lowest BCUT2D eigenvalue weighted by Gasteiger charge is -2.18. The van der Waals surface area contributed by atoms with E-state index in [1.54, 1.807) is 4.57 Å². The first-order chi connectivity index (χ1) is 23.0. The minimum absolute atomic E-state index is 0.337. The number of aryl methyl sites for hydroxylation is 3. The Bertz CT molecular complexity index is 2250. The fraction of sp³-hybridized carbons (Fsp3) is 0.189. The Kier molecular flexibility index (Phi) is 8.14. The van der Waals surface area contributed by atoms with Crippen LogP contribution < -0.4 is 11.2 Å². The van der Waals surface area contributed by atoms with Crippen molar-refractivity contribution >= 4 is 11.2 Å². The predicted molar refractivity (Wildman–Crippen MR) is 182 cm³/mol. The molecule has 0 amide bonds. The van der Waals surface area contributed by atoms with Crippen molar-refractivity contribution in [2.24, 2.45) is 0 Å². The number of aromatic amines is 1. The minimum Gasteiger partial charge on any atom is -0.318 e. The number of rotatable bonds is 10. The van der Waals surface area contributed by atoms with E-state index in [0.717, 1.165) is 39.2 Å². The third-order valence-electron chi connectivity index (χ3n) is 8.73. The number of hydrogen-bond donors (Lipinski definition) is 1. The van der Waals surface area contributed by atoms with Gasteiger partial charge in [0, 0.05) is 25.1 Å². The lowest BCUT2D eigenvalue weighted by molar-refractivity contribution is 0.533. The van der Waals surface area contributed by atoms with Gasteiger partial charge in [-0.05, 0) is 51.6 Å². The summed E-state index contributed by atoms with van der Waals surface area (Å²) in [5.74, 6) is 1.35. The Labute approximate surface area is 271 Å². The SMILES string of the molecule is CCc1nc2c(c(=O)n(C(C)c3ccccc3)c(=O)n2CCc2ccccc2)n1Cc1ccc(-c2ccccc2-c2nnn[nH]2)cc1. The molecule has 3 heterocycles. The lowest BCUT2D eigenvalue weighted by atomic mass is 9.98. The summed E-state index contributed by atoms with van der Waals surface area (Å²) in [6.07, 6.45) is 1.24. The molecule has 1 N–H and O–H groups in total. The van der Waals surface area contributed by atoms with Gasteiger partial charge in [-0.2, -0.15) is 0 Å². The molecular formula is C37H34N8O2. The van der Waals surface area contributed by atoms with Crippen LogP contribution in [-0.2, 0) is 25.9 Å². The molecule has 0 aliphatic rings. The highest BCUT2D eigenvalue weighted by molar-refractivity contribution is 5.80. The van der Waals surface area contributed by atoms with E-state index in [2.05, 4.69) is 44.9 Å². The summed E-state index contributed by atoms with van der Waals surface area (Å²) in [5, 5.41) is 14.4. The maximum atomic E-state index is 14.4. The average Bonchev–Trinajstić information content (AvgIpc) is 3.78. The normalized spacial score (nSPS) is 12.0. The first-order valence-electron chi connectivity index (χ1n) is 15.8. The summed E-state index contributed by atoms with van der Waals surface area (Å²) < 4.78 is 5.04. The van der Waals surface area contributed by atoms with Crippen LogP contribution in [0.5, 0.6) is 0 Å². The number of H-pyrrole nitrogens is 1. The topological polar surface area (TPSA) is 116 Å². The molecule has 234 valence electrons. The van der Waals surface area contributed by atoms with Gasteiger partial charge in [0.1, 0.15) is 5.82 Å². The van der Waals surface area contributed by atoms with Gasteiger partial charge in [0.15, 0.2) is 17.0 Å². The smallest absolute Gasteiger partial charge is 0.318 e. The first kappa shape index (κ1) is 29.8. The molecule has 47 heavy (non-hydrogen) atoms. The van der Waals surface area contributed by atoms with Gasteiger partial charge in [0.05, 0.1) is 6.04 Å². The molecule has 0 saturated heterocycles. The summed E-state index contributed by atoms with van der Waals surface area (Å²) in [6.45, 7) is 4.75. The minimum atomic E-state index is -0.462. The molecule has 0 fully saturated rings. The third kappa shape index (κ3) is 5.69. The zero-order valence-corrected chi connectivity index (χ0v) is 26.2. The van der Waals surface area contributed by atoms with E-state index < -0.39 is 6.04 Å². The Balaban J connectivity index is 1.32. The van der Waals surface area contributed by atoms with Gasteiger partial charge in [0.25, 0.3) is 5.56 Å². The van der Waals surface area contributed by atoms with E-state index in [-0.39, 0.29) is 11.2 Å². The van der Waals surface area contributed by atoms with Gasteiger partial charge < -0.3 is 4.57 Å². The standard InChI is InChI=1S/C37H34N8O2/c1-3-32-38-35-33(44(32)24-27-18-20-29(21-19-27)30-16-10-11-17-31(30)34-39-41-42-40-34)36(46)45(25(2)28-14-8-5-9-15-28)37(47)43(35)23-22-26-12-6-4-7-13-26/h4-21,25H,3,22-24H2,1-2H3,(H,39,40,41,42). The summed E-state index contributed by atoms with van der Waals surface area (Å²) in [4.78, 5) is 33.5. The van der Waals surface area contributed by atoms with Crippen LogP contribution >= 0.6 is 0 Å². The van der Waals surface area contributed by atoms with E-state index in [1.807, 2.05) is 103 Å². The van der Waals surface area contributed by atoms with Crippen LogP contribution in [0.25, 0.3) is 33.7 Å². The van der Waals surface area contributed by atoms with Gasteiger partial charge in [-0.3, -0.25) is 13.9 Å². The Morgan fingerprint density at radius 3 is 2.13 bits per heavy atom. The molecule has 0 spiro atoms. The van der Waals surface area contributed by atoms with Crippen LogP contribution in [0.4, 0.5) is 0 Å². The van der Waals surface area contributed by atoms with E-state index in [1.165, 1.54) is 4.57 Å². The molecule has 10 nitrogen and oxygen atoms in total. The molecule has 10 heteroatoms. The highest BCUT2D eigenvalue weighted by atomic mass is 16.2. The lowest BCUT2D eigenvalue weighted by Crippen LogP contribution is -2.42. The van der Waals surface area contributed by atoms with Gasteiger partial charge in [-0.15, -0.1) is 5.10 Å². The van der Waals surface area contributed by atoms with E-state index >= 15 is 0 Å². The maximum absolute atomic E-state index is 14.4. The van der Waals surface area contributed by atoms with Crippen LogP contribution in [0.2, 0.25) is 0 Å². The molecule has 3 aromatic heterocycles. The van der Waals surface area contributed by atoms with Crippen LogP contribution in [-0.4, -0.2) is 39.3 Å². The second kappa shape index (κ2) is 12.8. The van der Waals surface area contributed by atoms with E-state index in [9.17, 15) is 9.59 Å². The molecule has 0 bridgehead atoms. The van der Waals surface area contributed by atoms with Crippen molar-refractivity contribution in [1.29, 1.82) is 0 Å². The number of fused-ring (bicyclic) bond motifs is 1. The number of hydrogen-bond acceptors (Lipinski definition) is 6. The number of aromatic nitrogens is 8. The Morgan fingerprint density at radius 1 is 0.766 bits per heavy atom. The monoisotopic (exact) mass is 622 g/mol. The predicted octanol–water partition coefficient (Wildman–Crippen LogP) is 5.67. The summed E-state index contributed by atoms with van der Waals surface area (Å²) in [7, 11) is 0. The van der Waals surface area contributed by atoms with E-state index in [4.69, 9.17) is 4.98 Å². The number of imidazole rings is 1. The highest BCUT2D eigenvalue weighted by Gasteiger charge is 2.24. The van der Waals surface area contributed by atoms with Crippen LogP contribution in [0.15, 0.2) is 119 Å².